The van der Waals surface area contributed by atoms with Crippen LogP contribution >= 0.6 is 23.6 Å². The topological polar surface area (TPSA) is 52.5 Å². The van der Waals surface area contributed by atoms with Crippen LogP contribution in [0.15, 0.2) is 24.3 Å². The summed E-state index contributed by atoms with van der Waals surface area (Å²) in [5.74, 6) is 0. The van der Waals surface area contributed by atoms with Crippen LogP contribution in [0.2, 0.25) is 0 Å². The first-order valence-electron chi connectivity index (χ1n) is 3.85. The van der Waals surface area contributed by atoms with Crippen molar-refractivity contribution in [3.8, 4) is 16.6 Å². The number of H-pyrrole nitrogens is 1. The molecule has 0 atom stereocenters. The van der Waals surface area contributed by atoms with Crippen LogP contribution in [0.3, 0.4) is 0 Å². The summed E-state index contributed by atoms with van der Waals surface area (Å²) < 4.78 is 0.603. The fourth-order valence-corrected chi connectivity index (χ4v) is 1.90. The predicted octanol–water partition coefficient (Wildman–Crippen LogP) is 2.74. The molecule has 2 heterocycles. The van der Waals surface area contributed by atoms with E-state index in [9.17, 15) is 0 Å². The van der Waals surface area contributed by atoms with E-state index in [-0.39, 0.29) is 0 Å². The third-order valence-corrected chi connectivity index (χ3v) is 2.89. The standard InChI is InChI=1S/C9H5N3S2/c10-5-6-1-3-8(14-6)7-2-4-9(13)12-11-7/h1-4H,(H,12,13). The molecule has 0 amide bonds. The van der Waals surface area contributed by atoms with Crippen LogP contribution < -0.4 is 0 Å². The van der Waals surface area contributed by atoms with Gasteiger partial charge in [0.25, 0.3) is 0 Å². The van der Waals surface area contributed by atoms with Crippen molar-refractivity contribution in [3.63, 3.8) is 0 Å². The minimum atomic E-state index is 0.603. The lowest BCUT2D eigenvalue weighted by molar-refractivity contribution is 1.03. The number of nitrogens with one attached hydrogen (secondary N) is 1. The van der Waals surface area contributed by atoms with Crippen LogP contribution in [-0.2, 0) is 0 Å². The normalized spacial score (nSPS) is 9.64. The van der Waals surface area contributed by atoms with Gasteiger partial charge < -0.3 is 0 Å². The predicted molar refractivity (Wildman–Crippen MR) is 57.4 cm³/mol. The third kappa shape index (κ3) is 1.71. The molecule has 3 nitrogen and oxygen atoms in total. The van der Waals surface area contributed by atoms with Crippen LogP contribution in [0.5, 0.6) is 0 Å². The van der Waals surface area contributed by atoms with Crippen molar-refractivity contribution in [2.45, 2.75) is 0 Å². The Morgan fingerprint density at radius 2 is 2.21 bits per heavy atom. The van der Waals surface area contributed by atoms with Gasteiger partial charge in [0.2, 0.25) is 0 Å². The van der Waals surface area contributed by atoms with Crippen LogP contribution in [0.25, 0.3) is 10.6 Å². The number of aromatic amines is 1. The Morgan fingerprint density at radius 3 is 2.79 bits per heavy atom. The zero-order chi connectivity index (χ0) is 9.97. The molecule has 0 spiro atoms. The summed E-state index contributed by atoms with van der Waals surface area (Å²) in [5.41, 5.74) is 0.810. The van der Waals surface area contributed by atoms with Gasteiger partial charge in [-0.2, -0.15) is 10.4 Å². The van der Waals surface area contributed by atoms with Crippen molar-refractivity contribution in [2.24, 2.45) is 0 Å². The van der Waals surface area contributed by atoms with Gasteiger partial charge in [-0.15, -0.1) is 11.3 Å². The molecule has 5 heteroatoms. The van der Waals surface area contributed by atoms with Crippen molar-refractivity contribution in [3.05, 3.63) is 33.8 Å². The maximum Gasteiger partial charge on any atom is 0.119 e. The van der Waals surface area contributed by atoms with Gasteiger partial charge >= 0.3 is 0 Å². The number of nitriles is 1. The van der Waals surface area contributed by atoms with E-state index in [1.807, 2.05) is 12.1 Å². The molecule has 0 aliphatic heterocycles. The molecular weight excluding hydrogens is 214 g/mol. The highest BCUT2D eigenvalue weighted by Crippen LogP contribution is 2.25. The van der Waals surface area contributed by atoms with E-state index in [0.29, 0.717) is 9.52 Å². The fourth-order valence-electron chi connectivity index (χ4n) is 1.02. The van der Waals surface area contributed by atoms with Crippen molar-refractivity contribution in [1.29, 1.82) is 5.26 Å². The van der Waals surface area contributed by atoms with E-state index < -0.39 is 0 Å². The van der Waals surface area contributed by atoms with E-state index in [1.54, 1.807) is 12.1 Å². The second-order valence-electron chi connectivity index (χ2n) is 2.58. The molecule has 0 saturated carbocycles. The van der Waals surface area contributed by atoms with Crippen molar-refractivity contribution in [2.75, 3.05) is 0 Å². The quantitative estimate of drug-likeness (QED) is 0.750. The van der Waals surface area contributed by atoms with Crippen LogP contribution in [0.4, 0.5) is 0 Å². The Kier molecular flexibility index (Phi) is 2.39. The summed E-state index contributed by atoms with van der Waals surface area (Å²) in [6.45, 7) is 0. The third-order valence-electron chi connectivity index (χ3n) is 1.65. The Balaban J connectivity index is 2.45. The molecule has 0 saturated heterocycles. The molecule has 0 aliphatic carbocycles. The Morgan fingerprint density at radius 1 is 1.36 bits per heavy atom. The van der Waals surface area contributed by atoms with Gasteiger partial charge in [-0.05, 0) is 24.3 Å². The van der Waals surface area contributed by atoms with Crippen LogP contribution in [0.1, 0.15) is 4.88 Å². The summed E-state index contributed by atoms with van der Waals surface area (Å²) >= 11 is 6.30. The smallest absolute Gasteiger partial charge is 0.119 e. The molecule has 0 fully saturated rings. The Bertz CT molecular complexity index is 527. The summed E-state index contributed by atoms with van der Waals surface area (Å²) in [6.07, 6.45) is 0. The second-order valence-corrected chi connectivity index (χ2v) is 4.11. The molecule has 0 unspecified atom stereocenters. The molecular formula is C9H5N3S2. The molecule has 0 aromatic carbocycles. The highest BCUT2D eigenvalue weighted by molar-refractivity contribution is 7.71. The highest BCUT2D eigenvalue weighted by atomic mass is 32.1. The molecule has 68 valence electrons. The first kappa shape index (κ1) is 9.06. The lowest BCUT2D eigenvalue weighted by Gasteiger charge is -1.93. The number of nitrogens with zero attached hydrogens (tertiary/aromatic N) is 2. The molecule has 2 aromatic heterocycles. The maximum atomic E-state index is 8.66. The number of aromatic nitrogens is 2. The average molecular weight is 219 g/mol. The zero-order valence-corrected chi connectivity index (χ0v) is 8.65. The number of rotatable bonds is 1. The number of thiophene rings is 1. The second kappa shape index (κ2) is 3.70. The summed E-state index contributed by atoms with van der Waals surface area (Å²) in [7, 11) is 0. The van der Waals surface area contributed by atoms with Gasteiger partial charge in [0.1, 0.15) is 21.3 Å². The summed E-state index contributed by atoms with van der Waals surface area (Å²) in [4.78, 5) is 1.65. The SMILES string of the molecule is N#Cc1ccc(-c2ccc(=S)[nH]n2)s1. The minimum absolute atomic E-state index is 0.603. The Hall–Kier alpha value is -1.51. The number of hydrogen-bond donors (Lipinski definition) is 1. The number of hydrogen-bond acceptors (Lipinski definition) is 4. The van der Waals surface area contributed by atoms with Crippen LogP contribution in [-0.4, -0.2) is 10.2 Å². The monoisotopic (exact) mass is 219 g/mol. The molecule has 0 radical (unpaired) electrons. The average Bonchev–Trinajstić information content (AvgIpc) is 2.67. The van der Waals surface area contributed by atoms with Crippen molar-refractivity contribution >= 4 is 23.6 Å². The van der Waals surface area contributed by atoms with Gasteiger partial charge in [-0.25, -0.2) is 0 Å². The molecule has 2 rings (SSSR count). The maximum absolute atomic E-state index is 8.66. The van der Waals surface area contributed by atoms with Crippen molar-refractivity contribution in [1.82, 2.24) is 10.2 Å². The largest absolute Gasteiger partial charge is 0.267 e. The lowest BCUT2D eigenvalue weighted by Crippen LogP contribution is -1.83. The minimum Gasteiger partial charge on any atom is -0.267 e. The van der Waals surface area contributed by atoms with Crippen molar-refractivity contribution < 1.29 is 0 Å². The molecule has 0 bridgehead atoms. The van der Waals surface area contributed by atoms with E-state index >= 15 is 0 Å². The Labute approximate surface area is 89.7 Å². The zero-order valence-electron chi connectivity index (χ0n) is 7.02. The lowest BCUT2D eigenvalue weighted by atomic mass is 10.3. The first-order chi connectivity index (χ1) is 6.79. The van der Waals surface area contributed by atoms with Gasteiger partial charge in [0, 0.05) is 0 Å². The molecule has 1 N–H and O–H groups in total. The van der Waals surface area contributed by atoms with Gasteiger partial charge in [-0.3, -0.25) is 5.10 Å². The van der Waals surface area contributed by atoms with E-state index in [1.165, 1.54) is 11.3 Å². The van der Waals surface area contributed by atoms with Gasteiger partial charge in [0.15, 0.2) is 0 Å². The molecule has 0 aliphatic rings. The van der Waals surface area contributed by atoms with E-state index in [2.05, 4.69) is 16.3 Å². The van der Waals surface area contributed by atoms with Crippen LogP contribution in [0, 0.1) is 16.0 Å². The first-order valence-corrected chi connectivity index (χ1v) is 5.08. The molecule has 2 aromatic rings. The fraction of sp³-hybridized carbons (Fsp3) is 0. The van der Waals surface area contributed by atoms with Gasteiger partial charge in [-0.1, -0.05) is 12.2 Å². The van der Waals surface area contributed by atoms with E-state index in [4.69, 9.17) is 17.5 Å². The van der Waals surface area contributed by atoms with Gasteiger partial charge in [0.05, 0.1) is 4.88 Å². The summed E-state index contributed by atoms with van der Waals surface area (Å²) in [5, 5.41) is 15.4. The highest BCUT2D eigenvalue weighted by Gasteiger charge is 2.02. The molecule has 14 heavy (non-hydrogen) atoms. The summed E-state index contributed by atoms with van der Waals surface area (Å²) in [6, 6.07) is 9.37. The van der Waals surface area contributed by atoms with E-state index in [0.717, 1.165) is 10.6 Å².